The Balaban J connectivity index is 1.95. The molecule has 0 saturated heterocycles. The van der Waals surface area contributed by atoms with Gasteiger partial charge in [0.1, 0.15) is 11.5 Å². The van der Waals surface area contributed by atoms with E-state index in [1.807, 2.05) is 32.3 Å². The topological polar surface area (TPSA) is 48.0 Å². The van der Waals surface area contributed by atoms with Crippen LogP contribution in [0.2, 0.25) is 0 Å². The van der Waals surface area contributed by atoms with E-state index in [2.05, 4.69) is 71.6 Å². The van der Waals surface area contributed by atoms with E-state index in [1.54, 1.807) is 14.2 Å². The van der Waals surface area contributed by atoms with Crippen LogP contribution in [0, 0.1) is 0 Å². The van der Waals surface area contributed by atoms with Gasteiger partial charge in [-0.2, -0.15) is 0 Å². The summed E-state index contributed by atoms with van der Waals surface area (Å²) in [6, 6.07) is 23.3. The molecule has 0 bridgehead atoms. The first-order valence-corrected chi connectivity index (χ1v) is 15.7. The molecule has 1 aliphatic heterocycles. The van der Waals surface area contributed by atoms with Gasteiger partial charge in [0.25, 0.3) is 0 Å². The van der Waals surface area contributed by atoms with Crippen molar-refractivity contribution in [1.82, 2.24) is 4.31 Å². The van der Waals surface area contributed by atoms with E-state index in [-0.39, 0.29) is 11.5 Å². The van der Waals surface area contributed by atoms with Gasteiger partial charge in [0.15, 0.2) is 4.90 Å². The quantitative estimate of drug-likeness (QED) is 0.210. The van der Waals surface area contributed by atoms with E-state index in [9.17, 15) is 4.55 Å². The summed E-state index contributed by atoms with van der Waals surface area (Å²) in [7, 11) is 7.47. The molecule has 0 spiro atoms. The first kappa shape index (κ1) is 30.3. The summed E-state index contributed by atoms with van der Waals surface area (Å²) in [4.78, 5) is 2.95. The minimum absolute atomic E-state index is 0.124. The minimum atomic E-state index is -1.38. The number of hydrogen-bond acceptors (Lipinski definition) is 5. The van der Waals surface area contributed by atoms with Crippen LogP contribution in [0.5, 0.6) is 11.5 Å². The van der Waals surface area contributed by atoms with Crippen LogP contribution in [0.25, 0.3) is 0 Å². The molecule has 40 heavy (non-hydrogen) atoms. The average Bonchev–Trinajstić information content (AvgIpc) is 3.08. The first-order chi connectivity index (χ1) is 19.4. The lowest BCUT2D eigenvalue weighted by molar-refractivity contribution is 0.129. The van der Waals surface area contributed by atoms with Crippen molar-refractivity contribution in [3.63, 3.8) is 0 Å². The predicted octanol–water partition coefficient (Wildman–Crippen LogP) is 7.95. The van der Waals surface area contributed by atoms with Gasteiger partial charge in [0.05, 0.1) is 43.4 Å². The van der Waals surface area contributed by atoms with Gasteiger partial charge in [-0.05, 0) is 48.6 Å². The van der Waals surface area contributed by atoms with Crippen molar-refractivity contribution in [2.75, 3.05) is 33.2 Å². The summed E-state index contributed by atoms with van der Waals surface area (Å²) in [6.07, 6.45) is 7.37. The number of rotatable bonds is 12. The lowest BCUT2D eigenvalue weighted by atomic mass is 9.74. The second kappa shape index (κ2) is 13.8. The number of hydrogen-bond donors (Lipinski definition) is 0. The molecule has 1 heterocycles. The molecule has 4 rings (SSSR count). The maximum atomic E-state index is 15.0. The predicted molar refractivity (Wildman–Crippen MR) is 167 cm³/mol. The van der Waals surface area contributed by atoms with Crippen LogP contribution < -0.4 is 14.4 Å². The van der Waals surface area contributed by atoms with Gasteiger partial charge in [-0.15, -0.1) is 4.31 Å². The highest BCUT2D eigenvalue weighted by Crippen LogP contribution is 2.50. The summed E-state index contributed by atoms with van der Waals surface area (Å²) in [5.41, 5.74) is 4.35. The van der Waals surface area contributed by atoms with Crippen LogP contribution in [0.4, 0.5) is 5.69 Å². The van der Waals surface area contributed by atoms with Gasteiger partial charge in [-0.25, -0.2) is 0 Å². The van der Waals surface area contributed by atoms with E-state index < -0.39 is 11.4 Å². The Morgan fingerprint density at radius 1 is 0.925 bits per heavy atom. The molecule has 0 saturated carbocycles. The second-order valence-electron chi connectivity index (χ2n) is 11.2. The van der Waals surface area contributed by atoms with Gasteiger partial charge in [0, 0.05) is 31.6 Å². The Hall–Kier alpha value is -2.67. The number of ether oxygens (including phenoxy) is 2. The number of unbranched alkanes of at least 4 members (excludes halogenated alkanes) is 2. The van der Waals surface area contributed by atoms with Crippen molar-refractivity contribution in [2.24, 2.45) is 0 Å². The van der Waals surface area contributed by atoms with Crippen LogP contribution in [-0.2, 0) is 17.9 Å². The van der Waals surface area contributed by atoms with Gasteiger partial charge in [0.2, 0.25) is 0 Å². The first-order valence-electron chi connectivity index (χ1n) is 14.6. The fourth-order valence-corrected chi connectivity index (χ4v) is 7.81. The molecule has 0 N–H and O–H groups in total. The number of anilines is 1. The van der Waals surface area contributed by atoms with Crippen LogP contribution in [0.15, 0.2) is 71.6 Å². The molecular weight excluding hydrogens is 516 g/mol. The monoisotopic (exact) mass is 562 g/mol. The normalized spacial score (nSPS) is 18.6. The van der Waals surface area contributed by atoms with E-state index in [1.165, 1.54) is 5.56 Å². The number of benzene rings is 3. The lowest BCUT2D eigenvalue weighted by Gasteiger charge is -2.43. The Kier molecular flexibility index (Phi) is 10.4. The lowest BCUT2D eigenvalue weighted by Crippen LogP contribution is -2.51. The third kappa shape index (κ3) is 6.45. The maximum Gasteiger partial charge on any atom is 0.181 e. The van der Waals surface area contributed by atoms with Crippen molar-refractivity contribution in [2.45, 2.75) is 81.7 Å². The van der Waals surface area contributed by atoms with Crippen molar-refractivity contribution >= 4 is 17.0 Å². The highest BCUT2D eigenvalue weighted by atomic mass is 32.2. The van der Waals surface area contributed by atoms with Crippen molar-refractivity contribution in [3.8, 4) is 11.5 Å². The van der Waals surface area contributed by atoms with Crippen LogP contribution in [0.1, 0.15) is 81.4 Å². The van der Waals surface area contributed by atoms with Gasteiger partial charge in [-0.1, -0.05) is 82.0 Å². The highest BCUT2D eigenvalue weighted by Gasteiger charge is 2.50. The molecule has 0 amide bonds. The molecular formula is C34H46N2O3S. The fraction of sp³-hybridized carbons (Fsp3) is 0.471. The smallest absolute Gasteiger partial charge is 0.181 e. The van der Waals surface area contributed by atoms with Crippen LogP contribution in [-0.4, -0.2) is 42.7 Å². The zero-order valence-electron chi connectivity index (χ0n) is 25.1. The zero-order chi connectivity index (χ0) is 28.7. The molecule has 0 aliphatic carbocycles. The molecule has 3 aromatic carbocycles. The zero-order valence-corrected chi connectivity index (χ0v) is 25.9. The molecule has 0 radical (unpaired) electrons. The third-order valence-corrected chi connectivity index (χ3v) is 10.00. The molecule has 1 aliphatic rings. The molecule has 2 unspecified atom stereocenters. The average molecular weight is 563 g/mol. The Bertz CT molecular complexity index is 1210. The van der Waals surface area contributed by atoms with Crippen LogP contribution in [0.3, 0.4) is 0 Å². The summed E-state index contributed by atoms with van der Waals surface area (Å²) in [5, 5.41) is 0. The van der Waals surface area contributed by atoms with Crippen molar-refractivity contribution in [3.05, 3.63) is 83.4 Å². The maximum absolute atomic E-state index is 15.0. The molecule has 216 valence electrons. The number of methoxy groups -OCH3 is 2. The number of fused-ring (bicyclic) bond motifs is 1. The van der Waals surface area contributed by atoms with Crippen molar-refractivity contribution in [1.29, 1.82) is 0 Å². The second-order valence-corrected chi connectivity index (χ2v) is 12.6. The highest BCUT2D eigenvalue weighted by molar-refractivity contribution is 7.89. The van der Waals surface area contributed by atoms with E-state index in [4.69, 9.17) is 9.47 Å². The minimum Gasteiger partial charge on any atom is -0.593 e. The fourth-order valence-electron chi connectivity index (χ4n) is 6.08. The molecule has 6 heteroatoms. The Morgan fingerprint density at radius 2 is 1.57 bits per heavy atom. The van der Waals surface area contributed by atoms with Crippen molar-refractivity contribution < 1.29 is 14.0 Å². The largest absolute Gasteiger partial charge is 0.593 e. The molecule has 3 aromatic rings. The van der Waals surface area contributed by atoms with Gasteiger partial charge in [-0.3, -0.25) is 0 Å². The Labute approximate surface area is 244 Å². The van der Waals surface area contributed by atoms with E-state index in [0.717, 1.165) is 78.2 Å². The standard InChI is InChI=1S/C34H46N2O3S/c1-7-9-20-34(21-10-8-2)24-30(27-14-12-11-13-15-27)29-22-31(35(3)4)32(39-6)23-33(29)40(37)36(34)25-26-16-18-28(38-5)19-17-26/h11-19,22-23,30H,7-10,20-21,24-25H2,1-6H3. The summed E-state index contributed by atoms with van der Waals surface area (Å²) < 4.78 is 28.6. The van der Waals surface area contributed by atoms with E-state index >= 15 is 0 Å². The Morgan fingerprint density at radius 3 is 2.12 bits per heavy atom. The summed E-state index contributed by atoms with van der Waals surface area (Å²) >= 11 is -1.38. The van der Waals surface area contributed by atoms with E-state index in [0.29, 0.717) is 6.54 Å². The van der Waals surface area contributed by atoms with Gasteiger partial charge >= 0.3 is 0 Å². The third-order valence-electron chi connectivity index (χ3n) is 8.35. The SMILES string of the molecule is CCCCC1(CCCC)CC(c2ccccc2)c2cc(N(C)C)c(OC)cc2[S+]([O-])N1Cc1ccc(OC)cc1. The molecule has 5 nitrogen and oxygen atoms in total. The summed E-state index contributed by atoms with van der Waals surface area (Å²) in [6.45, 7) is 5.13. The summed E-state index contributed by atoms with van der Waals surface area (Å²) in [5.74, 6) is 1.71. The molecule has 0 fully saturated rings. The van der Waals surface area contributed by atoms with Gasteiger partial charge < -0.3 is 18.9 Å². The number of nitrogens with zero attached hydrogens (tertiary/aromatic N) is 2. The molecule has 0 aromatic heterocycles. The van der Waals surface area contributed by atoms with Crippen LogP contribution >= 0.6 is 0 Å². The molecule has 2 atom stereocenters.